The fourth-order valence-corrected chi connectivity index (χ4v) is 3.31. The van der Waals surface area contributed by atoms with Gasteiger partial charge in [0.2, 0.25) is 23.6 Å². The number of nitrogens with zero attached hydrogens (tertiary/aromatic N) is 1. The van der Waals surface area contributed by atoms with E-state index in [9.17, 15) is 28.8 Å². The third-order valence-electron chi connectivity index (χ3n) is 4.66. The van der Waals surface area contributed by atoms with Crippen molar-refractivity contribution in [3.63, 3.8) is 0 Å². The Balaban J connectivity index is 2.78. The fourth-order valence-electron chi connectivity index (χ4n) is 3.05. The zero-order valence-corrected chi connectivity index (χ0v) is 17.5. The molecule has 13 nitrogen and oxygen atoms in total. The van der Waals surface area contributed by atoms with Crippen LogP contribution in [0.4, 0.5) is 0 Å². The highest BCUT2D eigenvalue weighted by molar-refractivity contribution is 7.80. The monoisotopic (exact) mass is 461 g/mol. The molecule has 0 aromatic carbocycles. The van der Waals surface area contributed by atoms with E-state index in [1.165, 1.54) is 4.90 Å². The van der Waals surface area contributed by atoms with Crippen molar-refractivity contribution in [2.45, 2.75) is 56.3 Å². The molecule has 1 saturated heterocycles. The smallest absolute Gasteiger partial charge is 0.326 e. The quantitative estimate of drug-likeness (QED) is 0.147. The fraction of sp³-hybridized carbons (Fsp3) is 0.647. The molecule has 4 amide bonds. The first kappa shape index (κ1) is 26.2. The van der Waals surface area contributed by atoms with Crippen LogP contribution in [-0.2, 0) is 28.8 Å². The molecule has 1 aliphatic rings. The van der Waals surface area contributed by atoms with Gasteiger partial charge in [-0.3, -0.25) is 24.0 Å². The van der Waals surface area contributed by atoms with Gasteiger partial charge in [-0.15, -0.1) is 0 Å². The van der Waals surface area contributed by atoms with Gasteiger partial charge in [0.15, 0.2) is 0 Å². The lowest BCUT2D eigenvalue weighted by Gasteiger charge is -2.28. The van der Waals surface area contributed by atoms with E-state index in [1.54, 1.807) is 0 Å². The summed E-state index contributed by atoms with van der Waals surface area (Å²) in [4.78, 5) is 71.6. The van der Waals surface area contributed by atoms with Crippen LogP contribution >= 0.6 is 12.6 Å². The Kier molecular flexibility index (Phi) is 10.2. The number of rotatable bonds is 12. The molecule has 1 heterocycles. The summed E-state index contributed by atoms with van der Waals surface area (Å²) in [6, 6.07) is -4.80. The number of carbonyl (C=O) groups is 6. The van der Waals surface area contributed by atoms with Gasteiger partial charge >= 0.3 is 11.9 Å². The maximum Gasteiger partial charge on any atom is 0.326 e. The lowest BCUT2D eigenvalue weighted by molar-refractivity contribution is -0.144. The number of likely N-dealkylation sites (tertiary alicyclic amines) is 1. The zero-order chi connectivity index (χ0) is 23.7. The maximum absolute atomic E-state index is 12.7. The van der Waals surface area contributed by atoms with Crippen LogP contribution in [0, 0.1) is 0 Å². The SMILES string of the molecule is NC(=O)CC(NC(=O)C(CS)NC(=O)C1CCCN1C(=O)C(N)CCC(=O)O)C(=O)O. The minimum atomic E-state index is -1.57. The Morgan fingerprint density at radius 3 is 2.26 bits per heavy atom. The molecule has 0 bridgehead atoms. The van der Waals surface area contributed by atoms with Gasteiger partial charge in [-0.25, -0.2) is 4.79 Å². The number of carbonyl (C=O) groups excluding carboxylic acids is 4. The van der Waals surface area contributed by atoms with E-state index >= 15 is 0 Å². The third-order valence-corrected chi connectivity index (χ3v) is 5.03. The van der Waals surface area contributed by atoms with Crippen LogP contribution in [0.5, 0.6) is 0 Å². The molecular weight excluding hydrogens is 434 g/mol. The van der Waals surface area contributed by atoms with E-state index in [2.05, 4.69) is 23.3 Å². The van der Waals surface area contributed by atoms with E-state index in [-0.39, 0.29) is 25.1 Å². The number of nitrogens with one attached hydrogen (secondary N) is 2. The summed E-state index contributed by atoms with van der Waals surface area (Å²) < 4.78 is 0. The molecule has 4 unspecified atom stereocenters. The third kappa shape index (κ3) is 8.05. The first-order valence-corrected chi connectivity index (χ1v) is 10.1. The Morgan fingerprint density at radius 1 is 1.10 bits per heavy atom. The van der Waals surface area contributed by atoms with Crippen molar-refractivity contribution in [1.29, 1.82) is 0 Å². The van der Waals surface area contributed by atoms with E-state index in [0.717, 1.165) is 0 Å². The summed E-state index contributed by atoms with van der Waals surface area (Å²) in [7, 11) is 0. The van der Waals surface area contributed by atoms with Gasteiger partial charge in [-0.05, 0) is 19.3 Å². The van der Waals surface area contributed by atoms with E-state index < -0.39 is 66.2 Å². The standard InChI is InChI=1S/C17H27N5O8S/c18-8(3-4-13(24)25)16(28)22-5-1-2-11(22)15(27)21-10(7-31)14(26)20-9(17(29)30)6-12(19)23/h8-11,31H,1-7,18H2,(H2,19,23)(H,20,26)(H,21,27)(H,24,25)(H,29,30). The van der Waals surface area contributed by atoms with Crippen LogP contribution in [0.25, 0.3) is 0 Å². The minimum Gasteiger partial charge on any atom is -0.481 e. The predicted octanol–water partition coefficient (Wildman–Crippen LogP) is -2.97. The van der Waals surface area contributed by atoms with Crippen LogP contribution in [0.3, 0.4) is 0 Å². The first-order chi connectivity index (χ1) is 14.5. The van der Waals surface area contributed by atoms with Gasteiger partial charge in [-0.1, -0.05) is 0 Å². The van der Waals surface area contributed by atoms with Gasteiger partial charge in [0.1, 0.15) is 18.1 Å². The summed E-state index contributed by atoms with van der Waals surface area (Å²) in [5.41, 5.74) is 10.7. The summed E-state index contributed by atoms with van der Waals surface area (Å²) in [5, 5.41) is 22.3. The van der Waals surface area contributed by atoms with Crippen LogP contribution in [-0.4, -0.2) is 87.1 Å². The average molecular weight is 461 g/mol. The molecule has 8 N–H and O–H groups in total. The van der Waals surface area contributed by atoms with Crippen LogP contribution in [0.15, 0.2) is 0 Å². The molecule has 4 atom stereocenters. The number of nitrogens with two attached hydrogens (primary N) is 2. The second kappa shape index (κ2) is 12.1. The molecule has 0 saturated carbocycles. The van der Waals surface area contributed by atoms with Crippen molar-refractivity contribution in [3.05, 3.63) is 0 Å². The summed E-state index contributed by atoms with van der Waals surface area (Å²) in [6.07, 6.45) is -0.198. The number of thiol groups is 1. The largest absolute Gasteiger partial charge is 0.481 e. The van der Waals surface area contributed by atoms with Crippen molar-refractivity contribution in [1.82, 2.24) is 15.5 Å². The molecule has 1 fully saturated rings. The van der Waals surface area contributed by atoms with Gasteiger partial charge in [0.25, 0.3) is 0 Å². The van der Waals surface area contributed by atoms with Crippen LogP contribution in [0.2, 0.25) is 0 Å². The molecule has 0 spiro atoms. The maximum atomic E-state index is 12.7. The highest BCUT2D eigenvalue weighted by Gasteiger charge is 2.37. The van der Waals surface area contributed by atoms with Crippen molar-refractivity contribution in [2.75, 3.05) is 12.3 Å². The van der Waals surface area contributed by atoms with Crippen molar-refractivity contribution >= 4 is 48.2 Å². The van der Waals surface area contributed by atoms with Gasteiger partial charge in [-0.2, -0.15) is 12.6 Å². The summed E-state index contributed by atoms with van der Waals surface area (Å²) in [6.45, 7) is 0.245. The topological polar surface area (TPSA) is 222 Å². The number of carboxylic acid groups (broad SMARTS) is 2. The number of amides is 4. The second-order valence-corrected chi connectivity index (χ2v) is 7.41. The van der Waals surface area contributed by atoms with Gasteiger partial charge in [0, 0.05) is 18.7 Å². The highest BCUT2D eigenvalue weighted by Crippen LogP contribution is 2.19. The molecule has 0 aromatic rings. The molecule has 174 valence electrons. The molecule has 0 aromatic heterocycles. The Morgan fingerprint density at radius 2 is 1.74 bits per heavy atom. The molecule has 1 rings (SSSR count). The number of carboxylic acids is 2. The van der Waals surface area contributed by atoms with E-state index in [1.807, 2.05) is 0 Å². The predicted molar refractivity (Wildman–Crippen MR) is 109 cm³/mol. The molecule has 1 aliphatic heterocycles. The van der Waals surface area contributed by atoms with Crippen LogP contribution in [0.1, 0.15) is 32.1 Å². The lowest BCUT2D eigenvalue weighted by atomic mass is 10.1. The van der Waals surface area contributed by atoms with Crippen molar-refractivity contribution in [2.24, 2.45) is 11.5 Å². The van der Waals surface area contributed by atoms with E-state index in [4.69, 9.17) is 21.7 Å². The minimum absolute atomic E-state index is 0.0862. The van der Waals surface area contributed by atoms with Crippen molar-refractivity contribution < 1.29 is 39.0 Å². The summed E-state index contributed by atoms with van der Waals surface area (Å²) >= 11 is 3.99. The molecule has 14 heteroatoms. The van der Waals surface area contributed by atoms with Crippen LogP contribution < -0.4 is 22.1 Å². The second-order valence-electron chi connectivity index (χ2n) is 7.04. The normalized spacial score (nSPS) is 18.5. The molecule has 31 heavy (non-hydrogen) atoms. The Hall–Kier alpha value is -2.87. The number of hydrogen-bond donors (Lipinski definition) is 7. The Labute approximate surface area is 183 Å². The molecule has 0 radical (unpaired) electrons. The zero-order valence-electron chi connectivity index (χ0n) is 16.7. The molecule has 0 aliphatic carbocycles. The Bertz CT molecular complexity index is 733. The van der Waals surface area contributed by atoms with Gasteiger partial charge in [0.05, 0.1) is 12.5 Å². The first-order valence-electron chi connectivity index (χ1n) is 9.48. The van der Waals surface area contributed by atoms with E-state index in [0.29, 0.717) is 12.8 Å². The van der Waals surface area contributed by atoms with Crippen molar-refractivity contribution in [3.8, 4) is 0 Å². The highest BCUT2D eigenvalue weighted by atomic mass is 32.1. The van der Waals surface area contributed by atoms with Gasteiger partial charge < -0.3 is 37.2 Å². The number of hydrogen-bond acceptors (Lipinski definition) is 8. The lowest BCUT2D eigenvalue weighted by Crippen LogP contribution is -2.57. The molecular formula is C17H27N5O8S. The number of aliphatic carboxylic acids is 2. The summed E-state index contributed by atoms with van der Waals surface area (Å²) in [5.74, 6) is -5.80. The number of primary amides is 1. The average Bonchev–Trinajstić information content (AvgIpc) is 3.18.